The van der Waals surface area contributed by atoms with Gasteiger partial charge in [0.15, 0.2) is 23.3 Å². The predicted octanol–water partition coefficient (Wildman–Crippen LogP) is 2.84. The molecule has 0 atom stereocenters. The lowest BCUT2D eigenvalue weighted by Crippen LogP contribution is -2.54. The molecule has 6 saturated heterocycles. The van der Waals surface area contributed by atoms with Crippen molar-refractivity contribution in [2.24, 2.45) is 22.0 Å². The van der Waals surface area contributed by atoms with E-state index in [9.17, 15) is 8.78 Å². The summed E-state index contributed by atoms with van der Waals surface area (Å²) in [5.41, 5.74) is 9.30. The van der Waals surface area contributed by atoms with E-state index in [-0.39, 0.29) is 23.5 Å². The van der Waals surface area contributed by atoms with Crippen LogP contribution in [0.15, 0.2) is 59.3 Å². The smallest absolute Gasteiger partial charge is 0.245 e. The molecule has 0 saturated carbocycles. The van der Waals surface area contributed by atoms with E-state index in [4.69, 9.17) is 9.47 Å². The first kappa shape index (κ1) is 47.3. The molecule has 364 valence electrons. The van der Waals surface area contributed by atoms with Gasteiger partial charge in [-0.25, -0.2) is 29.6 Å². The molecule has 4 aromatic rings. The van der Waals surface area contributed by atoms with Crippen molar-refractivity contribution in [3.05, 3.63) is 72.1 Å². The second-order valence-electron chi connectivity index (χ2n) is 17.7. The molecule has 0 radical (unpaired) electrons. The lowest BCUT2D eigenvalue weighted by Gasteiger charge is -2.39. The normalized spacial score (nSPS) is 20.7. The number of ether oxygens (including phenoxy) is 2. The number of pyridine rings is 2. The number of hydrazone groups is 2. The van der Waals surface area contributed by atoms with Crippen LogP contribution in [-0.2, 0) is 9.47 Å². The summed E-state index contributed by atoms with van der Waals surface area (Å²) in [5.74, 6) is 1.44. The number of hydrogen-bond acceptors (Lipinski definition) is 20. The summed E-state index contributed by atoms with van der Waals surface area (Å²) < 4.78 is 39.0. The van der Waals surface area contributed by atoms with Gasteiger partial charge in [-0.3, -0.25) is 9.97 Å². The third-order valence-corrected chi connectivity index (χ3v) is 13.2. The third-order valence-electron chi connectivity index (χ3n) is 13.2. The predicted molar refractivity (Wildman–Crippen MR) is 260 cm³/mol. The van der Waals surface area contributed by atoms with Gasteiger partial charge in [-0.15, -0.1) is 0 Å². The fourth-order valence-electron chi connectivity index (χ4n) is 9.49. The molecular weight excluding hydrogens is 875 g/mol. The minimum absolute atomic E-state index is 0.237. The molecule has 10 heterocycles. The summed E-state index contributed by atoms with van der Waals surface area (Å²) in [6.45, 7) is 13.2. The fourth-order valence-corrected chi connectivity index (χ4v) is 9.49. The first-order valence-electron chi connectivity index (χ1n) is 24.2. The first-order chi connectivity index (χ1) is 33.5. The van der Waals surface area contributed by atoms with Crippen molar-refractivity contribution in [2.75, 3.05) is 135 Å². The quantitative estimate of drug-likeness (QED) is 0.0893. The number of hydrogen-bond donors (Lipinski definition) is 6. The van der Waals surface area contributed by atoms with E-state index in [1.807, 2.05) is 34.2 Å². The molecule has 0 aliphatic carbocycles. The van der Waals surface area contributed by atoms with E-state index in [0.29, 0.717) is 76.8 Å². The first-order valence-corrected chi connectivity index (χ1v) is 24.2. The van der Waals surface area contributed by atoms with Crippen molar-refractivity contribution in [1.29, 1.82) is 0 Å². The van der Waals surface area contributed by atoms with Gasteiger partial charge < -0.3 is 50.3 Å². The van der Waals surface area contributed by atoms with Gasteiger partial charge >= 0.3 is 0 Å². The van der Waals surface area contributed by atoms with Crippen molar-refractivity contribution < 1.29 is 18.3 Å². The van der Waals surface area contributed by atoms with Crippen LogP contribution >= 0.6 is 0 Å². The zero-order chi connectivity index (χ0) is 46.3. The molecular formula is C46H64F2N18O2. The maximum atomic E-state index is 14.2. The summed E-state index contributed by atoms with van der Waals surface area (Å²) in [5, 5.41) is 22.8. The lowest BCUT2D eigenvalue weighted by molar-refractivity contribution is 0.122. The van der Waals surface area contributed by atoms with Gasteiger partial charge in [-0.2, -0.15) is 20.2 Å². The van der Waals surface area contributed by atoms with Crippen molar-refractivity contribution in [3.8, 4) is 0 Å². The number of morpholine rings is 2. The Hall–Kier alpha value is -5.78. The molecule has 0 unspecified atom stereocenters. The SMILES string of the molecule is Fc1cnc(N/N=C/c2cc(N3CCC(C4NCCCN4)CC3)ccn2)nc1N1CCOCC1.Fc1cnc(N/N=C/c2ccc(N3CCC(C4NCCCN4)CC3)cn2)nc1N1CCOCC1. The number of nitrogens with zero attached hydrogens (tertiary/aromatic N) is 12. The Morgan fingerprint density at radius 2 is 1.03 bits per heavy atom. The Bertz CT molecular complexity index is 2240. The highest BCUT2D eigenvalue weighted by Gasteiger charge is 2.29. The molecule has 6 aliphatic heterocycles. The molecule has 0 spiro atoms. The van der Waals surface area contributed by atoms with Crippen LogP contribution in [0, 0.1) is 23.5 Å². The van der Waals surface area contributed by atoms with Crippen LogP contribution in [0.4, 0.5) is 43.7 Å². The van der Waals surface area contributed by atoms with Gasteiger partial charge in [0.2, 0.25) is 11.9 Å². The monoisotopic (exact) mass is 939 g/mol. The van der Waals surface area contributed by atoms with E-state index in [1.54, 1.807) is 18.6 Å². The highest BCUT2D eigenvalue weighted by molar-refractivity contribution is 5.79. The summed E-state index contributed by atoms with van der Waals surface area (Å²) in [6, 6.07) is 8.10. The van der Waals surface area contributed by atoms with E-state index >= 15 is 0 Å². The van der Waals surface area contributed by atoms with Crippen LogP contribution in [0.5, 0.6) is 0 Å². The van der Waals surface area contributed by atoms with Crippen LogP contribution in [0.3, 0.4) is 0 Å². The lowest BCUT2D eigenvalue weighted by atomic mass is 9.92. The molecule has 22 heteroatoms. The molecule has 10 rings (SSSR count). The Labute approximate surface area is 396 Å². The molecule has 6 fully saturated rings. The highest BCUT2D eigenvalue weighted by Crippen LogP contribution is 2.27. The Morgan fingerprint density at radius 1 is 0.544 bits per heavy atom. The second kappa shape index (κ2) is 24.0. The topological polar surface area (TPSA) is 206 Å². The van der Waals surface area contributed by atoms with Crippen LogP contribution in [0.2, 0.25) is 0 Å². The Morgan fingerprint density at radius 3 is 1.51 bits per heavy atom. The van der Waals surface area contributed by atoms with Gasteiger partial charge in [0.1, 0.15) is 0 Å². The molecule has 6 N–H and O–H groups in total. The summed E-state index contributed by atoms with van der Waals surface area (Å²) in [4.78, 5) is 33.9. The number of halogens is 2. The maximum Gasteiger partial charge on any atom is 0.245 e. The van der Waals surface area contributed by atoms with Crippen molar-refractivity contribution >= 4 is 47.3 Å². The largest absolute Gasteiger partial charge is 0.378 e. The summed E-state index contributed by atoms with van der Waals surface area (Å²) in [6.07, 6.45) is 17.2. The minimum atomic E-state index is -0.455. The van der Waals surface area contributed by atoms with Gasteiger partial charge in [0, 0.05) is 64.2 Å². The van der Waals surface area contributed by atoms with E-state index in [1.165, 1.54) is 25.7 Å². The third kappa shape index (κ3) is 12.8. The average molecular weight is 939 g/mol. The zero-order valence-corrected chi connectivity index (χ0v) is 38.6. The van der Waals surface area contributed by atoms with E-state index in [0.717, 1.165) is 100 Å². The van der Waals surface area contributed by atoms with Gasteiger partial charge in [0.05, 0.1) is 86.9 Å². The number of anilines is 6. The molecule has 68 heavy (non-hydrogen) atoms. The van der Waals surface area contributed by atoms with Gasteiger partial charge in [-0.05, 0) is 101 Å². The Kier molecular flexibility index (Phi) is 16.7. The second-order valence-corrected chi connectivity index (χ2v) is 17.7. The van der Waals surface area contributed by atoms with Crippen LogP contribution < -0.4 is 51.7 Å². The van der Waals surface area contributed by atoms with Crippen LogP contribution in [0.25, 0.3) is 0 Å². The molecule has 6 aliphatic rings. The molecule has 0 aromatic carbocycles. The van der Waals surface area contributed by atoms with Crippen LogP contribution in [-0.4, -0.2) is 160 Å². The fraction of sp³-hybridized carbons (Fsp3) is 0.565. The van der Waals surface area contributed by atoms with Crippen molar-refractivity contribution in [2.45, 2.75) is 50.9 Å². The summed E-state index contributed by atoms with van der Waals surface area (Å²) >= 11 is 0. The molecule has 20 nitrogen and oxygen atoms in total. The van der Waals surface area contributed by atoms with E-state index in [2.05, 4.69) is 88.1 Å². The molecule has 0 amide bonds. The maximum absolute atomic E-state index is 14.2. The summed E-state index contributed by atoms with van der Waals surface area (Å²) in [7, 11) is 0. The minimum Gasteiger partial charge on any atom is -0.378 e. The van der Waals surface area contributed by atoms with Crippen molar-refractivity contribution in [1.82, 2.24) is 51.2 Å². The van der Waals surface area contributed by atoms with Crippen molar-refractivity contribution in [3.63, 3.8) is 0 Å². The van der Waals surface area contributed by atoms with Gasteiger partial charge in [0.25, 0.3) is 0 Å². The highest BCUT2D eigenvalue weighted by atomic mass is 19.1. The Balaban J connectivity index is 0.000000170. The number of piperidine rings is 2. The van der Waals surface area contributed by atoms with Crippen LogP contribution in [0.1, 0.15) is 49.9 Å². The number of aromatic nitrogens is 6. The number of rotatable bonds is 12. The zero-order valence-electron chi connectivity index (χ0n) is 38.6. The number of nitrogens with one attached hydrogen (secondary N) is 6. The standard InChI is InChI=1S/2C23H32FN9O/c24-20-16-28-23(30-22(20)33-10-12-34-13-11-33)31-29-15-18-14-19(2-7-25-18)32-8-3-17(4-9-32)21-26-5-1-6-27-21;24-20-16-28-23(30-22(20)33-10-12-34-13-11-33)31-29-14-18-2-3-19(15-27-18)32-8-4-17(5-9-32)21-25-6-1-7-26-21/h2,7,14-17,21,26-27H,1,3-6,8-13H2,(H,28,30,31);2-3,14-17,21,25-26H,1,4-13H2,(H,28,30,31)/b29-15+;29-14+. The molecule has 0 bridgehead atoms. The molecule has 4 aromatic heterocycles. The average Bonchev–Trinajstić information content (AvgIpc) is 3.41. The van der Waals surface area contributed by atoms with E-state index < -0.39 is 11.6 Å². The van der Waals surface area contributed by atoms with Gasteiger partial charge in [-0.1, -0.05) is 0 Å².